The van der Waals surface area contributed by atoms with E-state index in [1.54, 1.807) is 18.2 Å². The van der Waals surface area contributed by atoms with Crippen LogP contribution in [0.25, 0.3) is 11.1 Å². The number of benzene rings is 3. The van der Waals surface area contributed by atoms with Crippen molar-refractivity contribution in [2.45, 2.75) is 43.9 Å². The number of carbonyl (C=O) groups excluding carboxylic acids is 2. The maximum atomic E-state index is 13.0. The van der Waals surface area contributed by atoms with E-state index in [2.05, 4.69) is 0 Å². The van der Waals surface area contributed by atoms with Crippen molar-refractivity contribution >= 4 is 11.9 Å². The van der Waals surface area contributed by atoms with Gasteiger partial charge in [-0.25, -0.2) is 4.79 Å². The predicted molar refractivity (Wildman–Crippen MR) is 139 cm³/mol. The number of carbonyl (C=O) groups is 2. The molecule has 1 aliphatic heterocycles. The number of alkyl halides is 3. The molecule has 0 bridgehead atoms. The molecule has 1 aliphatic carbocycles. The Balaban J connectivity index is 1.22. The van der Waals surface area contributed by atoms with Crippen LogP contribution in [0.5, 0.6) is 5.75 Å². The van der Waals surface area contributed by atoms with Crippen LogP contribution in [-0.2, 0) is 20.4 Å². The van der Waals surface area contributed by atoms with Gasteiger partial charge in [-0.1, -0.05) is 54.6 Å². The van der Waals surface area contributed by atoms with Crippen LogP contribution in [0.1, 0.15) is 35.2 Å². The molecule has 1 saturated heterocycles. The zero-order chi connectivity index (χ0) is 28.3. The van der Waals surface area contributed by atoms with Gasteiger partial charge in [-0.15, -0.1) is 0 Å². The van der Waals surface area contributed by atoms with Gasteiger partial charge in [0.05, 0.1) is 17.5 Å². The lowest BCUT2D eigenvalue weighted by atomic mass is 9.89. The van der Waals surface area contributed by atoms with Crippen molar-refractivity contribution in [3.8, 4) is 16.9 Å². The lowest BCUT2D eigenvalue weighted by Gasteiger charge is -2.22. The highest BCUT2D eigenvalue weighted by molar-refractivity contribution is 5.90. The Kier molecular flexibility index (Phi) is 7.93. The van der Waals surface area contributed by atoms with Gasteiger partial charge in [-0.3, -0.25) is 4.79 Å². The number of halogens is 3. The second-order valence-corrected chi connectivity index (χ2v) is 9.88. The fraction of sp³-hybridized carbons (Fsp3) is 0.290. The highest BCUT2D eigenvalue weighted by atomic mass is 19.4. The van der Waals surface area contributed by atoms with Crippen LogP contribution in [0.15, 0.2) is 91.0 Å². The summed E-state index contributed by atoms with van der Waals surface area (Å²) in [6.07, 6.45) is -3.08. The molecule has 2 aliphatic rings. The summed E-state index contributed by atoms with van der Waals surface area (Å²) in [5, 5.41) is 10.2. The first kappa shape index (κ1) is 27.5. The number of ether oxygens (including phenoxy) is 3. The Morgan fingerprint density at radius 1 is 1.02 bits per heavy atom. The number of aliphatic hydroxyl groups excluding tert-OH is 1. The minimum atomic E-state index is -4.53. The van der Waals surface area contributed by atoms with Gasteiger partial charge in [0, 0.05) is 18.3 Å². The van der Waals surface area contributed by atoms with E-state index in [9.17, 15) is 27.9 Å². The zero-order valence-corrected chi connectivity index (χ0v) is 21.3. The maximum Gasteiger partial charge on any atom is 0.416 e. The van der Waals surface area contributed by atoms with Gasteiger partial charge in [0.25, 0.3) is 0 Å². The molecule has 1 saturated carbocycles. The van der Waals surface area contributed by atoms with E-state index in [0.717, 1.165) is 23.3 Å². The average Bonchev–Trinajstić information content (AvgIpc) is 3.44. The molecule has 0 aromatic heterocycles. The molecule has 2 fully saturated rings. The number of aliphatic hydroxyl groups is 1. The van der Waals surface area contributed by atoms with Gasteiger partial charge < -0.3 is 19.3 Å². The molecule has 5 rings (SSSR count). The molecular weight excluding hydrogens is 525 g/mol. The fourth-order valence-corrected chi connectivity index (χ4v) is 5.33. The smallest absolute Gasteiger partial charge is 0.416 e. The third-order valence-electron chi connectivity index (χ3n) is 7.27. The summed E-state index contributed by atoms with van der Waals surface area (Å²) in [5.41, 5.74) is 1.50. The van der Waals surface area contributed by atoms with Crippen LogP contribution in [0.3, 0.4) is 0 Å². The van der Waals surface area contributed by atoms with Crippen molar-refractivity contribution in [2.24, 2.45) is 11.8 Å². The largest absolute Gasteiger partial charge is 0.462 e. The zero-order valence-electron chi connectivity index (χ0n) is 21.3. The van der Waals surface area contributed by atoms with Crippen molar-refractivity contribution in [3.63, 3.8) is 0 Å². The molecule has 3 aromatic carbocycles. The van der Waals surface area contributed by atoms with E-state index in [1.165, 1.54) is 18.2 Å². The first-order valence-electron chi connectivity index (χ1n) is 12.9. The molecule has 0 radical (unpaired) electrons. The van der Waals surface area contributed by atoms with Crippen LogP contribution < -0.4 is 4.74 Å². The Morgan fingerprint density at radius 2 is 1.75 bits per heavy atom. The van der Waals surface area contributed by atoms with Crippen LogP contribution in [0.4, 0.5) is 13.2 Å². The lowest BCUT2D eigenvalue weighted by molar-refractivity contribution is -0.142. The molecule has 208 valence electrons. The van der Waals surface area contributed by atoms with Crippen molar-refractivity contribution < 1.29 is 42.1 Å². The number of fused-ring (bicyclic) bond motifs is 1. The van der Waals surface area contributed by atoms with Crippen molar-refractivity contribution in [1.82, 2.24) is 0 Å². The molecule has 9 heteroatoms. The molecule has 1 N–H and O–H groups in total. The van der Waals surface area contributed by atoms with Crippen molar-refractivity contribution in [1.29, 1.82) is 0 Å². The summed E-state index contributed by atoms with van der Waals surface area (Å²) >= 11 is 0. The number of hydrogen-bond donors (Lipinski definition) is 1. The molecule has 0 amide bonds. The predicted octanol–water partition coefficient (Wildman–Crippen LogP) is 6.19. The van der Waals surface area contributed by atoms with E-state index in [1.807, 2.05) is 42.5 Å². The second-order valence-electron chi connectivity index (χ2n) is 9.88. The van der Waals surface area contributed by atoms with Crippen LogP contribution in [0.2, 0.25) is 0 Å². The van der Waals surface area contributed by atoms with Crippen LogP contribution >= 0.6 is 0 Å². The second kappa shape index (κ2) is 11.6. The minimum absolute atomic E-state index is 0.132. The number of allylic oxidation sites excluding steroid dienone is 1. The summed E-state index contributed by atoms with van der Waals surface area (Å²) < 4.78 is 55.3. The summed E-state index contributed by atoms with van der Waals surface area (Å²) in [5.74, 6) is -1.33. The van der Waals surface area contributed by atoms with Crippen molar-refractivity contribution in [2.75, 3.05) is 0 Å². The van der Waals surface area contributed by atoms with Crippen molar-refractivity contribution in [3.05, 3.63) is 102 Å². The Hall–Kier alpha value is -4.11. The third kappa shape index (κ3) is 6.37. The topological polar surface area (TPSA) is 82.1 Å². The summed E-state index contributed by atoms with van der Waals surface area (Å²) in [7, 11) is 0. The number of esters is 2. The molecule has 0 spiro atoms. The molecule has 40 heavy (non-hydrogen) atoms. The molecule has 6 nitrogen and oxygen atoms in total. The van der Waals surface area contributed by atoms with E-state index in [-0.39, 0.29) is 36.1 Å². The standard InChI is InChI=1S/C31H27F3O6/c32-31(33,34)22-8-4-9-23(16-22)38-28(35)11-5-10-24-25-17-29(36)39-27(25)18-26(24)40-30(37)21-14-12-20(13-15-21)19-6-2-1-3-7-19/h1-9,11-16,24-28,35H,10,17-18H2/t24-,25-,26-,27+,28?/m1/s1. The Bertz CT molecular complexity index is 1370. The summed E-state index contributed by atoms with van der Waals surface area (Å²) in [6, 6.07) is 21.1. The van der Waals surface area contributed by atoms with Gasteiger partial charge in [0.1, 0.15) is 18.0 Å². The van der Waals surface area contributed by atoms with Crippen LogP contribution in [0, 0.1) is 11.8 Å². The minimum Gasteiger partial charge on any atom is -0.462 e. The van der Waals surface area contributed by atoms with Gasteiger partial charge in [0.2, 0.25) is 6.29 Å². The average molecular weight is 553 g/mol. The molecule has 5 atom stereocenters. The van der Waals surface area contributed by atoms with Crippen LogP contribution in [-0.4, -0.2) is 35.5 Å². The lowest BCUT2D eigenvalue weighted by Crippen LogP contribution is -2.26. The van der Waals surface area contributed by atoms with E-state index in [0.29, 0.717) is 18.4 Å². The quantitative estimate of drug-likeness (QED) is 0.204. The Labute approximate surface area is 229 Å². The monoisotopic (exact) mass is 552 g/mol. The first-order valence-corrected chi connectivity index (χ1v) is 12.9. The van der Waals surface area contributed by atoms with E-state index < -0.39 is 30.1 Å². The van der Waals surface area contributed by atoms with Gasteiger partial charge in [0.15, 0.2) is 0 Å². The molecular formula is C31H27F3O6. The summed E-state index contributed by atoms with van der Waals surface area (Å²) in [6.45, 7) is 0. The van der Waals surface area contributed by atoms with Gasteiger partial charge >= 0.3 is 18.1 Å². The third-order valence-corrected chi connectivity index (χ3v) is 7.27. The fourth-order valence-electron chi connectivity index (χ4n) is 5.33. The molecule has 1 unspecified atom stereocenters. The van der Waals surface area contributed by atoms with Gasteiger partial charge in [-0.2, -0.15) is 13.2 Å². The highest BCUT2D eigenvalue weighted by Crippen LogP contribution is 2.44. The number of hydrogen-bond acceptors (Lipinski definition) is 6. The normalized spacial score (nSPS) is 23.1. The van der Waals surface area contributed by atoms with E-state index in [4.69, 9.17) is 14.2 Å². The Morgan fingerprint density at radius 3 is 2.48 bits per heavy atom. The highest BCUT2D eigenvalue weighted by Gasteiger charge is 2.51. The van der Waals surface area contributed by atoms with E-state index >= 15 is 0 Å². The molecule has 3 aromatic rings. The maximum absolute atomic E-state index is 13.0. The summed E-state index contributed by atoms with van der Waals surface area (Å²) in [4.78, 5) is 24.9. The number of rotatable bonds is 8. The molecule has 1 heterocycles. The van der Waals surface area contributed by atoms with Gasteiger partial charge in [-0.05, 0) is 54.0 Å². The first-order chi connectivity index (χ1) is 19.2. The SMILES string of the molecule is O=C1C[C@@H]2[C@@H](CC=CC(O)Oc3cccc(C(F)(F)F)c3)[C@H](OC(=O)c3ccc(-c4ccccc4)cc3)C[C@@H]2O1.